The predicted octanol–water partition coefficient (Wildman–Crippen LogP) is 4.30. The predicted molar refractivity (Wildman–Crippen MR) is 143 cm³/mol. The summed E-state index contributed by atoms with van der Waals surface area (Å²) in [6.07, 6.45) is 10.8. The van der Waals surface area contributed by atoms with E-state index < -0.39 is 0 Å². The van der Waals surface area contributed by atoms with E-state index in [1.165, 1.54) is 5.56 Å². The Morgan fingerprint density at radius 2 is 1.86 bits per heavy atom. The number of ether oxygens (including phenoxy) is 1. The Kier molecular flexibility index (Phi) is 6.39. The van der Waals surface area contributed by atoms with Crippen LogP contribution in [0, 0.1) is 30.1 Å². The van der Waals surface area contributed by atoms with E-state index in [-0.39, 0.29) is 17.2 Å². The van der Waals surface area contributed by atoms with Crippen molar-refractivity contribution in [1.82, 2.24) is 19.9 Å². The fourth-order valence-electron chi connectivity index (χ4n) is 5.87. The van der Waals surface area contributed by atoms with Gasteiger partial charge in [0.05, 0.1) is 5.56 Å². The zero-order valence-corrected chi connectivity index (χ0v) is 21.6. The van der Waals surface area contributed by atoms with Crippen molar-refractivity contribution in [2.45, 2.75) is 44.9 Å². The van der Waals surface area contributed by atoms with Gasteiger partial charge >= 0.3 is 0 Å². The molecular weight excluding hydrogens is 462 g/mol. The molecule has 7 nitrogen and oxygen atoms in total. The van der Waals surface area contributed by atoms with E-state index in [0.717, 1.165) is 86.1 Å². The van der Waals surface area contributed by atoms with Crippen molar-refractivity contribution in [3.63, 3.8) is 0 Å². The Morgan fingerprint density at radius 1 is 1.05 bits per heavy atom. The van der Waals surface area contributed by atoms with Gasteiger partial charge in [-0.15, -0.1) is 0 Å². The first-order valence-corrected chi connectivity index (χ1v) is 13.3. The van der Waals surface area contributed by atoms with Crippen molar-refractivity contribution in [3.8, 4) is 11.8 Å². The van der Waals surface area contributed by atoms with Gasteiger partial charge in [-0.25, -0.2) is 9.97 Å². The first-order valence-electron chi connectivity index (χ1n) is 13.3. The van der Waals surface area contributed by atoms with E-state index in [9.17, 15) is 4.79 Å². The molecule has 0 radical (unpaired) electrons. The van der Waals surface area contributed by atoms with E-state index in [4.69, 9.17) is 4.74 Å². The summed E-state index contributed by atoms with van der Waals surface area (Å²) in [5.74, 6) is 7.71. The lowest BCUT2D eigenvalue weighted by molar-refractivity contribution is -0.118. The molecule has 2 aliphatic heterocycles. The zero-order chi connectivity index (χ0) is 25.4. The van der Waals surface area contributed by atoms with Crippen LogP contribution in [-0.4, -0.2) is 59.1 Å². The lowest BCUT2D eigenvalue weighted by Crippen LogP contribution is -2.33. The molecule has 5 heterocycles. The Hall–Kier alpha value is -3.34. The van der Waals surface area contributed by atoms with Crippen LogP contribution in [0.15, 0.2) is 36.8 Å². The van der Waals surface area contributed by atoms with Gasteiger partial charge in [-0.3, -0.25) is 9.78 Å². The maximum Gasteiger partial charge on any atom is 0.229 e. The fraction of sp³-hybridized carbons (Fsp3) is 0.467. The standard InChI is InChI=1S/C30H33N5O2/c1-20-26-19-33-28(34-29(36)27-16-30(27)9-11-35(2)12-10-30)15-25(26)23(18-31-20)4-6-24-5-3-22(17-32-24)21-7-13-37-14-8-21/h3,5,15,17-19,21,27H,7-14,16H2,1-2H3,(H,33,34,36)/t27-/m0/s1. The van der Waals surface area contributed by atoms with Gasteiger partial charge in [-0.2, -0.15) is 0 Å². The summed E-state index contributed by atoms with van der Waals surface area (Å²) in [7, 11) is 2.15. The summed E-state index contributed by atoms with van der Waals surface area (Å²) in [5, 5.41) is 4.96. The van der Waals surface area contributed by atoms with E-state index in [0.29, 0.717) is 11.7 Å². The van der Waals surface area contributed by atoms with Crippen molar-refractivity contribution in [3.05, 3.63) is 59.3 Å². The molecule has 1 spiro atoms. The quantitative estimate of drug-likeness (QED) is 0.546. The number of anilines is 1. The largest absolute Gasteiger partial charge is 0.381 e. The molecule has 6 rings (SSSR count). The molecule has 3 aromatic heterocycles. The molecule has 2 saturated heterocycles. The third-order valence-corrected chi connectivity index (χ3v) is 8.52. The number of carbonyl (C=O) groups is 1. The van der Waals surface area contributed by atoms with Crippen LogP contribution in [0.4, 0.5) is 5.82 Å². The normalized spacial score (nSPS) is 21.4. The van der Waals surface area contributed by atoms with E-state index in [2.05, 4.69) is 50.1 Å². The van der Waals surface area contributed by atoms with Crippen LogP contribution < -0.4 is 5.32 Å². The second-order valence-electron chi connectivity index (χ2n) is 10.9. The molecule has 0 bridgehead atoms. The van der Waals surface area contributed by atoms with Gasteiger partial charge in [0, 0.05) is 54.2 Å². The number of fused-ring (bicyclic) bond motifs is 1. The number of amides is 1. The van der Waals surface area contributed by atoms with Gasteiger partial charge in [-0.1, -0.05) is 12.0 Å². The molecule has 3 fully saturated rings. The number of hydrogen-bond acceptors (Lipinski definition) is 6. The topological polar surface area (TPSA) is 80.2 Å². The Bertz CT molecular complexity index is 1380. The Labute approximate surface area is 218 Å². The highest BCUT2D eigenvalue weighted by Crippen LogP contribution is 2.59. The number of hydrogen-bond donors (Lipinski definition) is 1. The highest BCUT2D eigenvalue weighted by atomic mass is 16.5. The molecule has 190 valence electrons. The molecule has 37 heavy (non-hydrogen) atoms. The number of likely N-dealkylation sites (tertiary alicyclic amines) is 1. The van der Waals surface area contributed by atoms with Crippen LogP contribution in [-0.2, 0) is 9.53 Å². The van der Waals surface area contributed by atoms with Gasteiger partial charge in [-0.05, 0) is 94.1 Å². The SMILES string of the molecule is Cc1ncc(C#Cc2ccc(C3CCOCC3)cn2)c2cc(NC(=O)[C@@H]3CC34CCN(C)CC4)ncc12. The molecule has 0 aromatic carbocycles. The number of nitrogens with zero attached hydrogens (tertiary/aromatic N) is 4. The molecule has 7 heteroatoms. The summed E-state index contributed by atoms with van der Waals surface area (Å²) in [6.45, 7) is 5.73. The lowest BCUT2D eigenvalue weighted by atomic mass is 9.91. The van der Waals surface area contributed by atoms with Gasteiger partial charge in [0.25, 0.3) is 0 Å². The average molecular weight is 496 g/mol. The van der Waals surface area contributed by atoms with Crippen LogP contribution >= 0.6 is 0 Å². The van der Waals surface area contributed by atoms with Crippen molar-refractivity contribution in [2.24, 2.45) is 11.3 Å². The van der Waals surface area contributed by atoms with Crippen molar-refractivity contribution >= 4 is 22.5 Å². The first-order chi connectivity index (χ1) is 18.0. The third-order valence-electron chi connectivity index (χ3n) is 8.52. The lowest BCUT2D eigenvalue weighted by Gasteiger charge is -2.29. The van der Waals surface area contributed by atoms with Crippen LogP contribution in [0.2, 0.25) is 0 Å². The summed E-state index contributed by atoms with van der Waals surface area (Å²) >= 11 is 0. The second-order valence-corrected chi connectivity index (χ2v) is 10.9. The number of nitrogens with one attached hydrogen (secondary N) is 1. The minimum atomic E-state index is 0.0867. The summed E-state index contributed by atoms with van der Waals surface area (Å²) in [6, 6.07) is 6.05. The third kappa shape index (κ3) is 4.96. The molecule has 3 aliphatic rings. The zero-order valence-electron chi connectivity index (χ0n) is 21.6. The van der Waals surface area contributed by atoms with E-state index in [1.807, 2.05) is 25.3 Å². The molecule has 1 N–H and O–H groups in total. The number of piperidine rings is 1. The number of pyridine rings is 3. The van der Waals surface area contributed by atoms with Gasteiger partial charge in [0.2, 0.25) is 5.91 Å². The molecule has 0 unspecified atom stereocenters. The molecule has 3 aromatic rings. The highest BCUT2D eigenvalue weighted by Gasteiger charge is 2.58. The van der Waals surface area contributed by atoms with Gasteiger partial charge in [0.1, 0.15) is 11.5 Å². The Morgan fingerprint density at radius 3 is 2.62 bits per heavy atom. The number of aromatic nitrogens is 3. The van der Waals surface area contributed by atoms with Crippen molar-refractivity contribution in [2.75, 3.05) is 38.7 Å². The molecule has 1 saturated carbocycles. The minimum absolute atomic E-state index is 0.0867. The van der Waals surface area contributed by atoms with Crippen LogP contribution in [0.25, 0.3) is 10.8 Å². The minimum Gasteiger partial charge on any atom is -0.381 e. The van der Waals surface area contributed by atoms with Gasteiger partial charge in [0.15, 0.2) is 0 Å². The maximum absolute atomic E-state index is 13.0. The van der Waals surface area contributed by atoms with Gasteiger partial charge < -0.3 is 15.0 Å². The summed E-state index contributed by atoms with van der Waals surface area (Å²) in [5.41, 5.74) is 3.85. The molecular formula is C30H33N5O2. The van der Waals surface area contributed by atoms with Crippen LogP contribution in [0.1, 0.15) is 60.5 Å². The number of aryl methyl sites for hydroxylation is 1. The smallest absolute Gasteiger partial charge is 0.229 e. The second kappa shape index (κ2) is 9.85. The van der Waals surface area contributed by atoms with Crippen molar-refractivity contribution in [1.29, 1.82) is 0 Å². The summed E-state index contributed by atoms with van der Waals surface area (Å²) < 4.78 is 5.47. The fourth-order valence-corrected chi connectivity index (χ4v) is 5.87. The maximum atomic E-state index is 13.0. The van der Waals surface area contributed by atoms with Crippen molar-refractivity contribution < 1.29 is 9.53 Å². The molecule has 1 aliphatic carbocycles. The van der Waals surface area contributed by atoms with E-state index >= 15 is 0 Å². The molecule has 1 amide bonds. The van der Waals surface area contributed by atoms with E-state index in [1.54, 1.807) is 12.4 Å². The average Bonchev–Trinajstić information content (AvgIpc) is 3.64. The monoisotopic (exact) mass is 495 g/mol. The Balaban J connectivity index is 1.20. The number of carbonyl (C=O) groups excluding carboxylic acids is 1. The first kappa shape index (κ1) is 24.0. The van der Waals surface area contributed by atoms with Crippen LogP contribution in [0.3, 0.4) is 0 Å². The van der Waals surface area contributed by atoms with Crippen LogP contribution in [0.5, 0.6) is 0 Å². The molecule has 1 atom stereocenters. The highest BCUT2D eigenvalue weighted by molar-refractivity contribution is 5.97. The number of rotatable bonds is 3. The summed E-state index contributed by atoms with van der Waals surface area (Å²) in [4.78, 5) is 29.0.